The fourth-order valence-electron chi connectivity index (χ4n) is 3.13. The second-order valence-corrected chi connectivity index (χ2v) is 6.62. The highest BCUT2D eigenvalue weighted by Crippen LogP contribution is 2.29. The van der Waals surface area contributed by atoms with Gasteiger partial charge in [-0.15, -0.1) is 0 Å². The van der Waals surface area contributed by atoms with Gasteiger partial charge in [-0.1, -0.05) is 12.8 Å². The number of guanidine groups is 1. The molecule has 1 heterocycles. The molecule has 1 aliphatic carbocycles. The Balaban J connectivity index is 1.57. The van der Waals surface area contributed by atoms with Gasteiger partial charge in [0.05, 0.1) is 24.9 Å². The molecule has 0 bridgehead atoms. The standard InChI is InChI=1S/C17H33N3O3/c1-2-18-16(20-14-17(21)8-3-4-9-17)19-10-6-11-22-13-15-7-5-12-23-15/h15,21H,2-14H2,1H3,(H2,18,19,20). The van der Waals surface area contributed by atoms with E-state index in [0.29, 0.717) is 19.3 Å². The first-order chi connectivity index (χ1) is 11.2. The number of aliphatic hydroxyl groups is 1. The second kappa shape index (κ2) is 10.1. The third-order valence-corrected chi connectivity index (χ3v) is 4.50. The van der Waals surface area contributed by atoms with Crippen LogP contribution in [0.3, 0.4) is 0 Å². The van der Waals surface area contributed by atoms with Crippen molar-refractivity contribution in [2.75, 3.05) is 39.5 Å². The molecule has 1 unspecified atom stereocenters. The molecule has 1 atom stereocenters. The monoisotopic (exact) mass is 327 g/mol. The minimum absolute atomic E-state index is 0.300. The predicted molar refractivity (Wildman–Crippen MR) is 91.8 cm³/mol. The maximum Gasteiger partial charge on any atom is 0.191 e. The molecule has 3 N–H and O–H groups in total. The van der Waals surface area contributed by atoms with Crippen LogP contribution in [-0.4, -0.2) is 62.2 Å². The summed E-state index contributed by atoms with van der Waals surface area (Å²) in [5, 5.41) is 16.9. The van der Waals surface area contributed by atoms with Crippen LogP contribution >= 0.6 is 0 Å². The van der Waals surface area contributed by atoms with Crippen LogP contribution in [0.15, 0.2) is 4.99 Å². The van der Waals surface area contributed by atoms with Crippen LogP contribution in [0.25, 0.3) is 0 Å². The van der Waals surface area contributed by atoms with Crippen LogP contribution in [0.2, 0.25) is 0 Å². The van der Waals surface area contributed by atoms with Gasteiger partial charge in [-0.25, -0.2) is 0 Å². The fourth-order valence-corrected chi connectivity index (χ4v) is 3.13. The zero-order valence-corrected chi connectivity index (χ0v) is 14.5. The predicted octanol–water partition coefficient (Wildman–Crippen LogP) is 1.43. The topological polar surface area (TPSA) is 75.1 Å². The molecule has 2 aliphatic rings. The molecule has 1 saturated carbocycles. The Morgan fingerprint density at radius 1 is 1.30 bits per heavy atom. The van der Waals surface area contributed by atoms with Gasteiger partial charge in [-0.3, -0.25) is 4.99 Å². The number of aliphatic imine (C=N–C) groups is 1. The maximum atomic E-state index is 10.4. The lowest BCUT2D eigenvalue weighted by Crippen LogP contribution is -2.40. The Bertz CT molecular complexity index is 351. The summed E-state index contributed by atoms with van der Waals surface area (Å²) < 4.78 is 11.2. The van der Waals surface area contributed by atoms with Gasteiger partial charge >= 0.3 is 0 Å². The third kappa shape index (κ3) is 7.06. The van der Waals surface area contributed by atoms with Gasteiger partial charge in [0.15, 0.2) is 5.96 Å². The van der Waals surface area contributed by atoms with Gasteiger partial charge in [0.2, 0.25) is 0 Å². The molecule has 1 aliphatic heterocycles. The van der Waals surface area contributed by atoms with Crippen LogP contribution in [-0.2, 0) is 9.47 Å². The number of rotatable bonds is 9. The minimum Gasteiger partial charge on any atom is -0.388 e. The van der Waals surface area contributed by atoms with Crippen LogP contribution in [0.1, 0.15) is 51.9 Å². The normalized spacial score (nSPS) is 24.1. The van der Waals surface area contributed by atoms with Crippen molar-refractivity contribution in [2.24, 2.45) is 4.99 Å². The lowest BCUT2D eigenvalue weighted by atomic mass is 10.0. The average molecular weight is 327 g/mol. The van der Waals surface area contributed by atoms with Crippen LogP contribution in [0, 0.1) is 0 Å². The molecule has 0 aromatic rings. The number of hydrogen-bond donors (Lipinski definition) is 3. The minimum atomic E-state index is -0.591. The number of ether oxygens (including phenoxy) is 2. The fraction of sp³-hybridized carbons (Fsp3) is 0.941. The summed E-state index contributed by atoms with van der Waals surface area (Å²) in [4.78, 5) is 4.53. The maximum absolute atomic E-state index is 10.4. The van der Waals surface area contributed by atoms with Crippen molar-refractivity contribution in [3.8, 4) is 0 Å². The first-order valence-corrected chi connectivity index (χ1v) is 9.16. The number of nitrogens with zero attached hydrogens (tertiary/aromatic N) is 1. The molecule has 1 saturated heterocycles. The van der Waals surface area contributed by atoms with E-state index < -0.39 is 5.60 Å². The van der Waals surface area contributed by atoms with Crippen molar-refractivity contribution >= 4 is 5.96 Å². The Labute approximate surface area is 140 Å². The van der Waals surface area contributed by atoms with Crippen molar-refractivity contribution < 1.29 is 14.6 Å². The van der Waals surface area contributed by atoms with Gasteiger partial charge in [0.1, 0.15) is 0 Å². The van der Waals surface area contributed by atoms with E-state index in [0.717, 1.165) is 77.2 Å². The molecule has 6 nitrogen and oxygen atoms in total. The first-order valence-electron chi connectivity index (χ1n) is 9.16. The molecule has 0 aromatic carbocycles. The van der Waals surface area contributed by atoms with E-state index in [1.165, 1.54) is 0 Å². The largest absolute Gasteiger partial charge is 0.388 e. The van der Waals surface area contributed by atoms with Crippen molar-refractivity contribution in [3.05, 3.63) is 0 Å². The molecule has 0 spiro atoms. The lowest BCUT2D eigenvalue weighted by molar-refractivity contribution is 0.0168. The Kier molecular flexibility index (Phi) is 8.12. The van der Waals surface area contributed by atoms with Gasteiger partial charge in [-0.2, -0.15) is 0 Å². The van der Waals surface area contributed by atoms with Gasteiger partial charge in [0, 0.05) is 26.3 Å². The van der Waals surface area contributed by atoms with E-state index >= 15 is 0 Å². The third-order valence-electron chi connectivity index (χ3n) is 4.50. The highest BCUT2D eigenvalue weighted by atomic mass is 16.5. The zero-order chi connectivity index (χ0) is 16.4. The smallest absolute Gasteiger partial charge is 0.191 e. The van der Waals surface area contributed by atoms with E-state index in [1.54, 1.807) is 0 Å². The van der Waals surface area contributed by atoms with Crippen molar-refractivity contribution in [1.29, 1.82) is 0 Å². The van der Waals surface area contributed by atoms with E-state index in [4.69, 9.17) is 9.47 Å². The molecular formula is C17H33N3O3. The lowest BCUT2D eigenvalue weighted by Gasteiger charge is -2.20. The molecule has 0 radical (unpaired) electrons. The summed E-state index contributed by atoms with van der Waals surface area (Å²) in [5.41, 5.74) is -0.591. The van der Waals surface area contributed by atoms with Crippen molar-refractivity contribution in [2.45, 2.75) is 63.6 Å². The van der Waals surface area contributed by atoms with E-state index in [1.807, 2.05) is 6.92 Å². The SMILES string of the molecule is CCNC(=NCC1(O)CCCC1)NCCCOCC1CCCO1. The van der Waals surface area contributed by atoms with Gasteiger partial charge in [0.25, 0.3) is 0 Å². The molecule has 2 fully saturated rings. The van der Waals surface area contributed by atoms with Crippen LogP contribution in [0.4, 0.5) is 0 Å². The van der Waals surface area contributed by atoms with E-state index in [-0.39, 0.29) is 0 Å². The Morgan fingerprint density at radius 2 is 2.13 bits per heavy atom. The zero-order valence-electron chi connectivity index (χ0n) is 14.5. The Morgan fingerprint density at radius 3 is 2.83 bits per heavy atom. The molecule has 23 heavy (non-hydrogen) atoms. The van der Waals surface area contributed by atoms with Gasteiger partial charge < -0.3 is 25.2 Å². The van der Waals surface area contributed by atoms with Crippen molar-refractivity contribution in [3.63, 3.8) is 0 Å². The van der Waals surface area contributed by atoms with E-state index in [9.17, 15) is 5.11 Å². The molecule has 6 heteroatoms. The van der Waals surface area contributed by atoms with Crippen molar-refractivity contribution in [1.82, 2.24) is 10.6 Å². The number of hydrogen-bond acceptors (Lipinski definition) is 4. The summed E-state index contributed by atoms with van der Waals surface area (Å²) in [5.74, 6) is 0.784. The quantitative estimate of drug-likeness (QED) is 0.339. The summed E-state index contributed by atoms with van der Waals surface area (Å²) in [6.07, 6.45) is 7.47. The average Bonchev–Trinajstić information content (AvgIpc) is 3.20. The molecular weight excluding hydrogens is 294 g/mol. The molecule has 134 valence electrons. The number of nitrogens with one attached hydrogen (secondary N) is 2. The highest BCUT2D eigenvalue weighted by Gasteiger charge is 2.30. The summed E-state index contributed by atoms with van der Waals surface area (Å²) >= 11 is 0. The molecule has 0 amide bonds. The molecule has 0 aromatic heterocycles. The van der Waals surface area contributed by atoms with Crippen LogP contribution in [0.5, 0.6) is 0 Å². The second-order valence-electron chi connectivity index (χ2n) is 6.62. The highest BCUT2D eigenvalue weighted by molar-refractivity contribution is 5.79. The van der Waals surface area contributed by atoms with Gasteiger partial charge in [-0.05, 0) is 39.0 Å². The van der Waals surface area contributed by atoms with Crippen LogP contribution < -0.4 is 10.6 Å². The summed E-state index contributed by atoms with van der Waals surface area (Å²) in [6, 6.07) is 0. The first kappa shape index (κ1) is 18.5. The summed E-state index contributed by atoms with van der Waals surface area (Å²) in [6.45, 7) is 6.49. The van der Waals surface area contributed by atoms with E-state index in [2.05, 4.69) is 15.6 Å². The Hall–Kier alpha value is -0.850. The summed E-state index contributed by atoms with van der Waals surface area (Å²) in [7, 11) is 0. The molecule has 2 rings (SSSR count).